The lowest BCUT2D eigenvalue weighted by atomic mass is 10.0. The van der Waals surface area contributed by atoms with Crippen LogP contribution >= 0.6 is 0 Å². The quantitative estimate of drug-likeness (QED) is 0.684. The first kappa shape index (κ1) is 11.3. The van der Waals surface area contributed by atoms with Gasteiger partial charge in [-0.1, -0.05) is 18.2 Å². The Balaban J connectivity index is 1.84. The fourth-order valence-corrected chi connectivity index (χ4v) is 2.78. The average molecular weight is 265 g/mol. The second-order valence-electron chi connectivity index (χ2n) is 5.11. The number of nitrogen functional groups attached to an aromatic ring is 1. The van der Waals surface area contributed by atoms with Crippen LogP contribution in [0, 0.1) is 0 Å². The zero-order valence-corrected chi connectivity index (χ0v) is 11.0. The van der Waals surface area contributed by atoms with Gasteiger partial charge < -0.3 is 10.2 Å². The van der Waals surface area contributed by atoms with Gasteiger partial charge in [-0.3, -0.25) is 4.90 Å². The first-order chi connectivity index (χ1) is 9.81. The highest BCUT2D eigenvalue weighted by molar-refractivity contribution is 5.79. The van der Waals surface area contributed by atoms with E-state index >= 15 is 0 Å². The fourth-order valence-electron chi connectivity index (χ4n) is 2.78. The van der Waals surface area contributed by atoms with Crippen molar-refractivity contribution in [2.24, 2.45) is 0 Å². The van der Waals surface area contributed by atoms with Crippen LogP contribution in [-0.4, -0.2) is 11.5 Å². The molecule has 1 aromatic heterocycles. The molecule has 0 atom stereocenters. The smallest absolute Gasteiger partial charge is 0.302 e. The van der Waals surface area contributed by atoms with Crippen LogP contribution in [0.1, 0.15) is 12.0 Å². The van der Waals surface area contributed by atoms with Gasteiger partial charge in [-0.25, -0.2) is 0 Å². The zero-order valence-electron chi connectivity index (χ0n) is 11.0. The van der Waals surface area contributed by atoms with E-state index in [-0.39, 0.29) is 0 Å². The summed E-state index contributed by atoms with van der Waals surface area (Å²) in [6, 6.07) is 14.6. The van der Waals surface area contributed by atoms with Crippen LogP contribution in [0.3, 0.4) is 0 Å². The number of hydrogen-bond acceptors (Lipinski definition) is 4. The van der Waals surface area contributed by atoms with Gasteiger partial charge in [0, 0.05) is 17.9 Å². The molecule has 0 aliphatic carbocycles. The van der Waals surface area contributed by atoms with Crippen LogP contribution in [0.5, 0.6) is 0 Å². The monoisotopic (exact) mass is 265 g/mol. The minimum absolute atomic E-state index is 0.651. The third kappa shape index (κ3) is 1.72. The molecule has 0 radical (unpaired) electrons. The fraction of sp³-hybridized carbons (Fsp3) is 0.188. The SMILES string of the molecule is Nc1ccc2oc(N3CCCc4ccccc43)nc2c1. The van der Waals surface area contributed by atoms with Crippen LogP contribution in [0.15, 0.2) is 46.9 Å². The summed E-state index contributed by atoms with van der Waals surface area (Å²) in [4.78, 5) is 6.72. The van der Waals surface area contributed by atoms with E-state index in [2.05, 4.69) is 34.1 Å². The number of fused-ring (bicyclic) bond motifs is 2. The maximum atomic E-state index is 5.88. The molecule has 0 unspecified atom stereocenters. The lowest BCUT2D eigenvalue weighted by molar-refractivity contribution is 0.580. The minimum atomic E-state index is 0.651. The zero-order chi connectivity index (χ0) is 13.5. The second kappa shape index (κ2) is 4.27. The number of para-hydroxylation sites is 1. The maximum absolute atomic E-state index is 5.88. The van der Waals surface area contributed by atoms with Crippen molar-refractivity contribution < 1.29 is 4.42 Å². The number of anilines is 3. The Bertz CT molecular complexity index is 778. The van der Waals surface area contributed by atoms with E-state index in [4.69, 9.17) is 10.2 Å². The second-order valence-corrected chi connectivity index (χ2v) is 5.11. The summed E-state index contributed by atoms with van der Waals surface area (Å²) >= 11 is 0. The number of aryl methyl sites for hydroxylation is 1. The van der Waals surface area contributed by atoms with Gasteiger partial charge in [-0.05, 0) is 42.7 Å². The largest absolute Gasteiger partial charge is 0.423 e. The summed E-state index contributed by atoms with van der Waals surface area (Å²) in [5, 5.41) is 0. The van der Waals surface area contributed by atoms with E-state index in [1.54, 1.807) is 0 Å². The van der Waals surface area contributed by atoms with Gasteiger partial charge in [0.25, 0.3) is 0 Å². The summed E-state index contributed by atoms with van der Waals surface area (Å²) < 4.78 is 5.88. The predicted molar refractivity (Wildman–Crippen MR) is 80.2 cm³/mol. The van der Waals surface area contributed by atoms with E-state index in [9.17, 15) is 0 Å². The topological polar surface area (TPSA) is 55.3 Å². The predicted octanol–water partition coefficient (Wildman–Crippen LogP) is 3.49. The number of oxazole rings is 1. The lowest BCUT2D eigenvalue weighted by Gasteiger charge is -2.27. The molecule has 20 heavy (non-hydrogen) atoms. The van der Waals surface area contributed by atoms with Crippen molar-refractivity contribution in [1.82, 2.24) is 4.98 Å². The molecule has 0 fully saturated rings. The van der Waals surface area contributed by atoms with Crippen molar-refractivity contribution in [1.29, 1.82) is 0 Å². The van der Waals surface area contributed by atoms with Gasteiger partial charge >= 0.3 is 6.01 Å². The highest BCUT2D eigenvalue weighted by atomic mass is 16.4. The molecule has 3 aromatic rings. The normalized spacial score (nSPS) is 14.5. The van der Waals surface area contributed by atoms with Crippen molar-refractivity contribution in [2.45, 2.75) is 12.8 Å². The summed E-state index contributed by atoms with van der Waals surface area (Å²) in [5.41, 5.74) is 10.6. The van der Waals surface area contributed by atoms with E-state index in [1.165, 1.54) is 11.3 Å². The Morgan fingerprint density at radius 2 is 2.05 bits per heavy atom. The third-order valence-electron chi connectivity index (χ3n) is 3.74. The summed E-state index contributed by atoms with van der Waals surface area (Å²) in [7, 11) is 0. The van der Waals surface area contributed by atoms with Gasteiger partial charge in [0.05, 0.1) is 0 Å². The standard InChI is InChI=1S/C16H15N3O/c17-12-7-8-15-13(10-12)18-16(20-15)19-9-3-5-11-4-1-2-6-14(11)19/h1-2,4,6-8,10H,3,5,9,17H2. The number of rotatable bonds is 1. The average Bonchev–Trinajstić information content (AvgIpc) is 2.89. The molecule has 100 valence electrons. The number of benzene rings is 2. The van der Waals surface area contributed by atoms with E-state index < -0.39 is 0 Å². The summed E-state index contributed by atoms with van der Waals surface area (Å²) in [5.74, 6) is 0. The molecule has 1 aliphatic rings. The Morgan fingerprint density at radius 3 is 3.00 bits per heavy atom. The molecule has 2 aromatic carbocycles. The Hall–Kier alpha value is -2.49. The molecule has 0 saturated carbocycles. The van der Waals surface area contributed by atoms with Crippen LogP contribution in [0.2, 0.25) is 0 Å². The molecule has 0 amide bonds. The third-order valence-corrected chi connectivity index (χ3v) is 3.74. The van der Waals surface area contributed by atoms with Crippen LogP contribution in [-0.2, 0) is 6.42 Å². The van der Waals surface area contributed by atoms with Gasteiger partial charge in [-0.15, -0.1) is 0 Å². The highest BCUT2D eigenvalue weighted by Gasteiger charge is 2.21. The van der Waals surface area contributed by atoms with E-state index in [1.807, 2.05) is 18.2 Å². The number of hydrogen-bond donors (Lipinski definition) is 1. The van der Waals surface area contributed by atoms with Crippen LogP contribution < -0.4 is 10.6 Å². The Kier molecular flexibility index (Phi) is 2.42. The Morgan fingerprint density at radius 1 is 1.15 bits per heavy atom. The molecule has 4 heteroatoms. The number of aromatic nitrogens is 1. The van der Waals surface area contributed by atoms with Crippen molar-refractivity contribution in [3.63, 3.8) is 0 Å². The number of nitrogens with zero attached hydrogens (tertiary/aromatic N) is 2. The van der Waals surface area contributed by atoms with Gasteiger partial charge in [0.15, 0.2) is 5.58 Å². The van der Waals surface area contributed by atoms with Crippen molar-refractivity contribution in [3.8, 4) is 0 Å². The molecule has 0 bridgehead atoms. The maximum Gasteiger partial charge on any atom is 0.302 e. The molecule has 4 rings (SSSR count). The molecule has 0 spiro atoms. The highest BCUT2D eigenvalue weighted by Crippen LogP contribution is 2.34. The van der Waals surface area contributed by atoms with Gasteiger partial charge in [-0.2, -0.15) is 4.98 Å². The molecule has 0 saturated heterocycles. The van der Waals surface area contributed by atoms with Crippen molar-refractivity contribution in [3.05, 3.63) is 48.0 Å². The Labute approximate surface area is 116 Å². The lowest BCUT2D eigenvalue weighted by Crippen LogP contribution is -2.24. The molecular weight excluding hydrogens is 250 g/mol. The summed E-state index contributed by atoms with van der Waals surface area (Å²) in [6.45, 7) is 0.930. The van der Waals surface area contributed by atoms with Crippen molar-refractivity contribution in [2.75, 3.05) is 17.2 Å². The van der Waals surface area contributed by atoms with Crippen molar-refractivity contribution >= 4 is 28.5 Å². The van der Waals surface area contributed by atoms with Gasteiger partial charge in [0.1, 0.15) is 5.52 Å². The molecule has 2 N–H and O–H groups in total. The van der Waals surface area contributed by atoms with Crippen LogP contribution in [0.25, 0.3) is 11.1 Å². The first-order valence-corrected chi connectivity index (χ1v) is 6.83. The van der Waals surface area contributed by atoms with Crippen LogP contribution in [0.4, 0.5) is 17.4 Å². The van der Waals surface area contributed by atoms with E-state index in [0.717, 1.165) is 30.5 Å². The minimum Gasteiger partial charge on any atom is -0.423 e. The summed E-state index contributed by atoms with van der Waals surface area (Å²) in [6.07, 6.45) is 2.22. The molecule has 2 heterocycles. The molecular formula is C16H15N3O. The first-order valence-electron chi connectivity index (χ1n) is 6.83. The number of nitrogens with two attached hydrogens (primary N) is 1. The van der Waals surface area contributed by atoms with E-state index in [0.29, 0.717) is 11.7 Å². The molecule has 4 nitrogen and oxygen atoms in total. The van der Waals surface area contributed by atoms with Gasteiger partial charge in [0.2, 0.25) is 0 Å². The molecule has 1 aliphatic heterocycles.